The van der Waals surface area contributed by atoms with E-state index in [2.05, 4.69) is 10.2 Å². The van der Waals surface area contributed by atoms with Crippen molar-refractivity contribution < 1.29 is 9.53 Å². The summed E-state index contributed by atoms with van der Waals surface area (Å²) in [6, 6.07) is 7.22. The van der Waals surface area contributed by atoms with Gasteiger partial charge >= 0.3 is 0 Å². The van der Waals surface area contributed by atoms with Crippen LogP contribution in [0.5, 0.6) is 0 Å². The molecule has 2 atom stereocenters. The van der Waals surface area contributed by atoms with Crippen molar-refractivity contribution in [2.24, 2.45) is 0 Å². The van der Waals surface area contributed by atoms with Gasteiger partial charge < -0.3 is 15.8 Å². The lowest BCUT2D eigenvalue weighted by Crippen LogP contribution is -2.43. The molecule has 1 aromatic carbocycles. The number of nitrogens with zero attached hydrogens (tertiary/aromatic N) is 1. The number of ether oxygens (including phenoxy) is 1. The topological polar surface area (TPSA) is 67.6 Å². The molecule has 0 radical (unpaired) electrons. The van der Waals surface area contributed by atoms with Crippen molar-refractivity contribution in [3.8, 4) is 0 Å². The summed E-state index contributed by atoms with van der Waals surface area (Å²) in [5.41, 5.74) is 7.11. The number of rotatable bonds is 4. The van der Waals surface area contributed by atoms with Crippen LogP contribution < -0.4 is 11.1 Å². The zero-order valence-electron chi connectivity index (χ0n) is 11.5. The molecule has 2 aliphatic rings. The van der Waals surface area contributed by atoms with Crippen LogP contribution in [0.2, 0.25) is 0 Å². The molecule has 2 heterocycles. The third-order valence-corrected chi connectivity index (χ3v) is 3.97. The molecule has 0 aliphatic carbocycles. The largest absolute Gasteiger partial charge is 0.399 e. The molecular formula is C15H21N3O2. The molecule has 3 rings (SSSR count). The number of likely N-dealkylation sites (tertiary alicyclic amines) is 1. The van der Waals surface area contributed by atoms with Gasteiger partial charge in [-0.3, -0.25) is 9.69 Å². The smallest absolute Gasteiger partial charge is 0.225 e. The molecule has 2 bridgehead atoms. The van der Waals surface area contributed by atoms with E-state index in [0.717, 1.165) is 25.3 Å². The van der Waals surface area contributed by atoms with E-state index in [1.807, 2.05) is 12.1 Å². The van der Waals surface area contributed by atoms with Gasteiger partial charge in [-0.15, -0.1) is 0 Å². The van der Waals surface area contributed by atoms with Gasteiger partial charge in [-0.2, -0.15) is 0 Å². The monoisotopic (exact) mass is 275 g/mol. The zero-order valence-corrected chi connectivity index (χ0v) is 11.5. The molecule has 0 spiro atoms. The number of morpholine rings is 1. The second-order valence-corrected chi connectivity index (χ2v) is 5.64. The van der Waals surface area contributed by atoms with E-state index in [9.17, 15) is 4.79 Å². The number of nitrogens with two attached hydrogens (primary N) is 1. The fourth-order valence-corrected chi connectivity index (χ4v) is 2.93. The molecule has 0 aromatic heterocycles. The van der Waals surface area contributed by atoms with Gasteiger partial charge in [-0.05, 0) is 37.1 Å². The Morgan fingerprint density at radius 1 is 1.25 bits per heavy atom. The lowest BCUT2D eigenvalue weighted by atomic mass is 10.2. The van der Waals surface area contributed by atoms with E-state index in [4.69, 9.17) is 10.5 Å². The normalized spacial score (nSPS) is 25.6. The van der Waals surface area contributed by atoms with Gasteiger partial charge in [0.05, 0.1) is 12.2 Å². The highest BCUT2D eigenvalue weighted by atomic mass is 16.5. The highest BCUT2D eigenvalue weighted by Crippen LogP contribution is 2.26. The van der Waals surface area contributed by atoms with Gasteiger partial charge in [-0.25, -0.2) is 0 Å². The van der Waals surface area contributed by atoms with E-state index in [1.54, 1.807) is 12.1 Å². The van der Waals surface area contributed by atoms with Crippen molar-refractivity contribution in [2.45, 2.75) is 31.5 Å². The van der Waals surface area contributed by atoms with E-state index < -0.39 is 0 Å². The SMILES string of the molecule is Nc1ccc(NC(=O)CCN2CC3CCC(C2)O3)cc1. The summed E-state index contributed by atoms with van der Waals surface area (Å²) in [7, 11) is 0. The zero-order chi connectivity index (χ0) is 13.9. The quantitative estimate of drug-likeness (QED) is 0.816. The number of carbonyl (C=O) groups excluding carboxylic acids is 1. The van der Waals surface area contributed by atoms with E-state index in [0.29, 0.717) is 24.3 Å². The molecule has 2 saturated heterocycles. The van der Waals surface area contributed by atoms with Crippen molar-refractivity contribution in [3.63, 3.8) is 0 Å². The predicted octanol–water partition coefficient (Wildman–Crippen LogP) is 1.46. The van der Waals surface area contributed by atoms with Crippen LogP contribution in [0, 0.1) is 0 Å². The highest BCUT2D eigenvalue weighted by molar-refractivity contribution is 5.90. The maximum absolute atomic E-state index is 11.9. The molecule has 3 N–H and O–H groups in total. The van der Waals surface area contributed by atoms with Crippen LogP contribution in [0.25, 0.3) is 0 Å². The number of amides is 1. The van der Waals surface area contributed by atoms with E-state index >= 15 is 0 Å². The van der Waals surface area contributed by atoms with Gasteiger partial charge in [0.25, 0.3) is 0 Å². The standard InChI is InChI=1S/C15H21N3O2/c16-11-1-3-12(4-2-11)17-15(19)7-8-18-9-13-5-6-14(10-18)20-13/h1-4,13-14H,5-10,16H2,(H,17,19). The summed E-state index contributed by atoms with van der Waals surface area (Å²) in [6.45, 7) is 2.73. The van der Waals surface area contributed by atoms with Crippen LogP contribution in [0.1, 0.15) is 19.3 Å². The van der Waals surface area contributed by atoms with Crippen molar-refractivity contribution in [1.29, 1.82) is 0 Å². The first-order valence-electron chi connectivity index (χ1n) is 7.22. The Balaban J connectivity index is 1.44. The van der Waals surface area contributed by atoms with Crippen LogP contribution in [0.4, 0.5) is 11.4 Å². The van der Waals surface area contributed by atoms with Gasteiger partial charge in [-0.1, -0.05) is 0 Å². The molecule has 108 valence electrons. The fraction of sp³-hybridized carbons (Fsp3) is 0.533. The summed E-state index contributed by atoms with van der Waals surface area (Å²) in [6.07, 6.45) is 3.62. The van der Waals surface area contributed by atoms with Crippen LogP contribution in [-0.2, 0) is 9.53 Å². The molecule has 1 aromatic rings. The predicted molar refractivity (Wildman–Crippen MR) is 78.4 cm³/mol. The van der Waals surface area contributed by atoms with Crippen molar-refractivity contribution in [3.05, 3.63) is 24.3 Å². The summed E-state index contributed by atoms with van der Waals surface area (Å²) in [5, 5.41) is 2.89. The average molecular weight is 275 g/mol. The summed E-state index contributed by atoms with van der Waals surface area (Å²) >= 11 is 0. The molecule has 2 aliphatic heterocycles. The number of fused-ring (bicyclic) bond motifs is 2. The lowest BCUT2D eigenvalue weighted by molar-refractivity contribution is -0.117. The molecule has 1 amide bonds. The maximum Gasteiger partial charge on any atom is 0.225 e. The third-order valence-electron chi connectivity index (χ3n) is 3.97. The van der Waals surface area contributed by atoms with Crippen LogP contribution in [0.3, 0.4) is 0 Å². The second kappa shape index (κ2) is 5.81. The van der Waals surface area contributed by atoms with Gasteiger partial charge in [0.1, 0.15) is 0 Å². The second-order valence-electron chi connectivity index (χ2n) is 5.64. The average Bonchev–Trinajstić information content (AvgIpc) is 2.78. The first kappa shape index (κ1) is 13.4. The number of anilines is 2. The molecule has 20 heavy (non-hydrogen) atoms. The summed E-state index contributed by atoms with van der Waals surface area (Å²) < 4.78 is 5.79. The molecular weight excluding hydrogens is 254 g/mol. The minimum atomic E-state index is 0.0496. The molecule has 2 fully saturated rings. The Kier molecular flexibility index (Phi) is 3.89. The minimum Gasteiger partial charge on any atom is -0.399 e. The number of nitrogen functional groups attached to an aromatic ring is 1. The van der Waals surface area contributed by atoms with Crippen LogP contribution in [0.15, 0.2) is 24.3 Å². The molecule has 5 nitrogen and oxygen atoms in total. The third kappa shape index (κ3) is 3.29. The molecule has 5 heteroatoms. The number of nitrogens with one attached hydrogen (secondary N) is 1. The van der Waals surface area contributed by atoms with Crippen LogP contribution in [-0.4, -0.2) is 42.6 Å². The van der Waals surface area contributed by atoms with Crippen molar-refractivity contribution in [1.82, 2.24) is 4.90 Å². The van der Waals surface area contributed by atoms with Gasteiger partial charge in [0.2, 0.25) is 5.91 Å². The van der Waals surface area contributed by atoms with Crippen molar-refractivity contribution >= 4 is 17.3 Å². The fourth-order valence-electron chi connectivity index (χ4n) is 2.93. The number of hydrogen-bond acceptors (Lipinski definition) is 4. The first-order valence-corrected chi connectivity index (χ1v) is 7.22. The van der Waals surface area contributed by atoms with Gasteiger partial charge in [0, 0.05) is 37.4 Å². The summed E-state index contributed by atoms with van der Waals surface area (Å²) in [5.74, 6) is 0.0496. The summed E-state index contributed by atoms with van der Waals surface area (Å²) in [4.78, 5) is 14.3. The Labute approximate surface area is 119 Å². The maximum atomic E-state index is 11.9. The first-order chi connectivity index (χ1) is 9.69. The van der Waals surface area contributed by atoms with E-state index in [-0.39, 0.29) is 5.91 Å². The number of hydrogen-bond donors (Lipinski definition) is 2. The Morgan fingerprint density at radius 2 is 1.90 bits per heavy atom. The van der Waals surface area contributed by atoms with Gasteiger partial charge in [0.15, 0.2) is 0 Å². The molecule has 2 unspecified atom stereocenters. The highest BCUT2D eigenvalue weighted by Gasteiger charge is 2.33. The Bertz CT molecular complexity index is 463. The lowest BCUT2D eigenvalue weighted by Gasteiger charge is -2.31. The Hall–Kier alpha value is -1.59. The minimum absolute atomic E-state index is 0.0496. The van der Waals surface area contributed by atoms with Crippen LogP contribution >= 0.6 is 0 Å². The molecule has 0 saturated carbocycles. The van der Waals surface area contributed by atoms with E-state index in [1.165, 1.54) is 12.8 Å². The number of carbonyl (C=O) groups is 1. The Morgan fingerprint density at radius 3 is 2.55 bits per heavy atom. The number of benzene rings is 1. The van der Waals surface area contributed by atoms with Crippen molar-refractivity contribution in [2.75, 3.05) is 30.7 Å².